The van der Waals surface area contributed by atoms with Crippen molar-refractivity contribution in [2.45, 2.75) is 26.8 Å². The van der Waals surface area contributed by atoms with Crippen LogP contribution in [0.3, 0.4) is 0 Å². The number of rotatable bonds is 8. The molecule has 1 unspecified atom stereocenters. The molecule has 0 aliphatic rings. The molecular weight excluding hydrogens is 441 g/mol. The molecule has 0 saturated heterocycles. The van der Waals surface area contributed by atoms with Crippen molar-refractivity contribution in [3.63, 3.8) is 0 Å². The van der Waals surface area contributed by atoms with E-state index in [0.29, 0.717) is 9.32 Å². The number of benzene rings is 1. The summed E-state index contributed by atoms with van der Waals surface area (Å²) in [6.07, 6.45) is 0.936. The third-order valence-corrected chi connectivity index (χ3v) is 4.68. The number of hydrogen-bond donors (Lipinski definition) is 2. The Bertz CT molecular complexity index is 686. The lowest BCUT2D eigenvalue weighted by atomic mass is 10.0. The molecular formula is C17H22INO6. The van der Waals surface area contributed by atoms with Gasteiger partial charge in [-0.15, -0.1) is 0 Å². The number of ether oxygens (including phenoxy) is 2. The van der Waals surface area contributed by atoms with Crippen LogP contribution in [0.15, 0.2) is 23.9 Å². The molecule has 0 aliphatic heterocycles. The molecule has 1 aromatic rings. The SMILES string of the molecule is COc1cc(OC)c(C(=O)C(=CN(O)C(C)C(C)C)C(=O)O)cc1I. The fourth-order valence-electron chi connectivity index (χ4n) is 1.95. The van der Waals surface area contributed by atoms with Crippen molar-refractivity contribution in [2.24, 2.45) is 5.92 Å². The van der Waals surface area contributed by atoms with Crippen molar-refractivity contribution in [2.75, 3.05) is 14.2 Å². The van der Waals surface area contributed by atoms with Crippen LogP contribution in [0.5, 0.6) is 11.5 Å². The van der Waals surface area contributed by atoms with Gasteiger partial charge in [-0.1, -0.05) is 13.8 Å². The molecule has 138 valence electrons. The number of aliphatic carboxylic acids is 1. The van der Waals surface area contributed by atoms with Crippen molar-refractivity contribution in [1.29, 1.82) is 0 Å². The van der Waals surface area contributed by atoms with E-state index in [9.17, 15) is 19.9 Å². The first-order chi connectivity index (χ1) is 11.6. The maximum absolute atomic E-state index is 12.7. The molecule has 0 amide bonds. The van der Waals surface area contributed by atoms with Crippen molar-refractivity contribution >= 4 is 34.3 Å². The number of carbonyl (C=O) groups excluding carboxylic acids is 1. The van der Waals surface area contributed by atoms with Crippen LogP contribution in [-0.4, -0.2) is 47.4 Å². The van der Waals surface area contributed by atoms with Crippen LogP contribution in [0.1, 0.15) is 31.1 Å². The molecule has 0 radical (unpaired) electrons. The van der Waals surface area contributed by atoms with Crippen molar-refractivity contribution < 1.29 is 29.4 Å². The third-order valence-electron chi connectivity index (χ3n) is 3.84. The highest BCUT2D eigenvalue weighted by Crippen LogP contribution is 2.31. The van der Waals surface area contributed by atoms with Crippen LogP contribution in [0.4, 0.5) is 0 Å². The summed E-state index contributed by atoms with van der Waals surface area (Å²) in [5, 5.41) is 20.2. The van der Waals surface area contributed by atoms with Crippen LogP contribution in [0.2, 0.25) is 0 Å². The number of carbonyl (C=O) groups is 2. The molecule has 1 aromatic carbocycles. The summed E-state index contributed by atoms with van der Waals surface area (Å²) < 4.78 is 11.0. The predicted octanol–water partition coefficient (Wildman–Crippen LogP) is 3.20. The van der Waals surface area contributed by atoms with Crippen LogP contribution in [-0.2, 0) is 4.79 Å². The summed E-state index contributed by atoms with van der Waals surface area (Å²) in [6.45, 7) is 5.47. The number of hydroxylamine groups is 2. The predicted molar refractivity (Wildman–Crippen MR) is 100 cm³/mol. The molecule has 0 fully saturated rings. The van der Waals surface area contributed by atoms with E-state index in [1.165, 1.54) is 26.4 Å². The Morgan fingerprint density at radius 2 is 1.72 bits per heavy atom. The Hall–Kier alpha value is -1.81. The molecule has 0 bridgehead atoms. The third kappa shape index (κ3) is 5.08. The average molecular weight is 463 g/mol. The maximum atomic E-state index is 12.7. The molecule has 7 nitrogen and oxygen atoms in total. The van der Waals surface area contributed by atoms with Gasteiger partial charge in [0.2, 0.25) is 5.78 Å². The lowest BCUT2D eigenvalue weighted by Crippen LogP contribution is -2.31. The number of hydrogen-bond acceptors (Lipinski definition) is 6. The Balaban J connectivity index is 3.38. The largest absolute Gasteiger partial charge is 0.496 e. The van der Waals surface area contributed by atoms with E-state index in [1.54, 1.807) is 6.92 Å². The Morgan fingerprint density at radius 1 is 1.16 bits per heavy atom. The number of carboxylic acids is 1. The second-order valence-corrected chi connectivity index (χ2v) is 6.89. The lowest BCUT2D eigenvalue weighted by molar-refractivity contribution is -0.133. The topological polar surface area (TPSA) is 96.3 Å². The fourth-order valence-corrected chi connectivity index (χ4v) is 2.64. The van der Waals surface area contributed by atoms with Gasteiger partial charge < -0.3 is 14.6 Å². The van der Waals surface area contributed by atoms with Gasteiger partial charge in [0.05, 0.1) is 29.4 Å². The molecule has 0 spiro atoms. The van der Waals surface area contributed by atoms with Gasteiger partial charge in [0, 0.05) is 12.3 Å². The molecule has 0 aliphatic carbocycles. The number of Topliss-reactive ketones (excluding diaryl/α,β-unsaturated/α-hetero) is 1. The minimum atomic E-state index is -1.44. The Morgan fingerprint density at radius 3 is 2.16 bits per heavy atom. The summed E-state index contributed by atoms with van der Waals surface area (Å²) >= 11 is 1.98. The molecule has 1 atom stereocenters. The average Bonchev–Trinajstić information content (AvgIpc) is 2.57. The minimum Gasteiger partial charge on any atom is -0.496 e. The normalized spacial score (nSPS) is 12.7. The van der Waals surface area contributed by atoms with Crippen LogP contribution < -0.4 is 9.47 Å². The smallest absolute Gasteiger partial charge is 0.341 e. The molecule has 8 heteroatoms. The second kappa shape index (κ2) is 9.04. The van der Waals surface area contributed by atoms with E-state index in [4.69, 9.17) is 9.47 Å². The number of methoxy groups -OCH3 is 2. The molecule has 0 heterocycles. The van der Waals surface area contributed by atoms with Crippen molar-refractivity contribution in [3.05, 3.63) is 33.0 Å². The Labute approximate surface area is 160 Å². The first kappa shape index (κ1) is 21.2. The number of halogens is 1. The molecule has 0 aromatic heterocycles. The minimum absolute atomic E-state index is 0.0582. The molecule has 25 heavy (non-hydrogen) atoms. The van der Waals surface area contributed by atoms with Gasteiger partial charge >= 0.3 is 5.97 Å². The van der Waals surface area contributed by atoms with Gasteiger partial charge in [0.15, 0.2) is 0 Å². The molecule has 0 saturated carbocycles. The zero-order valence-electron chi connectivity index (χ0n) is 14.7. The fraction of sp³-hybridized carbons (Fsp3) is 0.412. The summed E-state index contributed by atoms with van der Waals surface area (Å²) in [5.74, 6) is -1.45. The van der Waals surface area contributed by atoms with Gasteiger partial charge in [-0.05, 0) is 41.5 Å². The zero-order chi connectivity index (χ0) is 19.3. The number of nitrogens with zero attached hydrogens (tertiary/aromatic N) is 1. The van der Waals surface area contributed by atoms with E-state index in [1.807, 2.05) is 36.4 Å². The summed E-state index contributed by atoms with van der Waals surface area (Å²) in [7, 11) is 2.86. The zero-order valence-corrected chi connectivity index (χ0v) is 16.9. The lowest BCUT2D eigenvalue weighted by Gasteiger charge is -2.24. The van der Waals surface area contributed by atoms with Crippen molar-refractivity contribution in [1.82, 2.24) is 5.06 Å². The van der Waals surface area contributed by atoms with E-state index in [-0.39, 0.29) is 23.3 Å². The van der Waals surface area contributed by atoms with Crippen molar-refractivity contribution in [3.8, 4) is 11.5 Å². The first-order valence-electron chi connectivity index (χ1n) is 7.52. The summed E-state index contributed by atoms with van der Waals surface area (Å²) in [6, 6.07) is 2.65. The molecule has 1 rings (SSSR count). The van der Waals surface area contributed by atoms with E-state index in [0.717, 1.165) is 11.3 Å². The van der Waals surface area contributed by atoms with Gasteiger partial charge in [-0.25, -0.2) is 4.79 Å². The summed E-state index contributed by atoms with van der Waals surface area (Å²) in [5.41, 5.74) is -0.485. The summed E-state index contributed by atoms with van der Waals surface area (Å²) in [4.78, 5) is 24.3. The molecule has 2 N–H and O–H groups in total. The highest BCUT2D eigenvalue weighted by Gasteiger charge is 2.26. The highest BCUT2D eigenvalue weighted by atomic mass is 127. The standard InChI is InChI=1S/C17H22INO6/c1-9(2)10(3)19(23)8-12(17(21)22)16(20)11-6-13(18)15(25-5)7-14(11)24-4/h6-10,23H,1-5H3,(H,21,22). The van der Waals surface area contributed by atoms with E-state index < -0.39 is 17.3 Å². The van der Waals surface area contributed by atoms with Gasteiger partial charge in [-0.3, -0.25) is 15.1 Å². The Kier molecular flexibility index (Phi) is 7.68. The van der Waals surface area contributed by atoms with Gasteiger partial charge in [-0.2, -0.15) is 0 Å². The van der Waals surface area contributed by atoms with Crippen LogP contribution in [0.25, 0.3) is 0 Å². The number of ketones is 1. The number of carboxylic acid groups (broad SMARTS) is 1. The quantitative estimate of drug-likeness (QED) is 0.153. The van der Waals surface area contributed by atoms with E-state index >= 15 is 0 Å². The van der Waals surface area contributed by atoms with E-state index in [2.05, 4.69) is 0 Å². The highest BCUT2D eigenvalue weighted by molar-refractivity contribution is 14.1. The van der Waals surface area contributed by atoms with Gasteiger partial charge in [0.1, 0.15) is 17.1 Å². The first-order valence-corrected chi connectivity index (χ1v) is 8.60. The van der Waals surface area contributed by atoms with Crippen LogP contribution >= 0.6 is 22.6 Å². The van der Waals surface area contributed by atoms with Crippen LogP contribution in [0, 0.1) is 9.49 Å². The monoisotopic (exact) mass is 463 g/mol. The maximum Gasteiger partial charge on any atom is 0.341 e. The van der Waals surface area contributed by atoms with Gasteiger partial charge in [0.25, 0.3) is 0 Å². The second-order valence-electron chi connectivity index (χ2n) is 5.73.